The minimum atomic E-state index is -0.351. The number of halogens is 1. The highest BCUT2D eigenvalue weighted by atomic mass is 19.1. The van der Waals surface area contributed by atoms with Gasteiger partial charge in [-0.3, -0.25) is 4.79 Å². The maximum absolute atomic E-state index is 14.9. The molecule has 0 bridgehead atoms. The predicted octanol–water partition coefficient (Wildman–Crippen LogP) is 3.71. The Labute approximate surface area is 189 Å². The summed E-state index contributed by atoms with van der Waals surface area (Å²) in [4.78, 5) is 26.1. The Kier molecular flexibility index (Phi) is 5.62. The number of hydrogen-bond acceptors (Lipinski definition) is 7. The quantitative estimate of drug-likeness (QED) is 0.482. The zero-order valence-corrected chi connectivity index (χ0v) is 18.0. The number of ether oxygens (including phenoxy) is 2. The van der Waals surface area contributed by atoms with Crippen LogP contribution in [0.3, 0.4) is 0 Å². The number of fused-ring (bicyclic) bond motifs is 1. The van der Waals surface area contributed by atoms with Crippen molar-refractivity contribution in [2.75, 3.05) is 43.6 Å². The number of methoxy groups -OCH3 is 1. The molecule has 0 aliphatic carbocycles. The number of rotatable bonds is 5. The number of benzene rings is 1. The zero-order valence-electron chi connectivity index (χ0n) is 18.0. The first-order valence-electron chi connectivity index (χ1n) is 10.5. The molecule has 5 rings (SSSR count). The van der Waals surface area contributed by atoms with Crippen LogP contribution < -0.4 is 20.5 Å². The van der Waals surface area contributed by atoms with Crippen LogP contribution in [0.4, 0.5) is 21.6 Å². The topological polar surface area (TPSA) is 92.4 Å². The van der Waals surface area contributed by atoms with E-state index in [1.54, 1.807) is 43.8 Å². The van der Waals surface area contributed by atoms with Crippen molar-refractivity contribution >= 4 is 28.0 Å². The van der Waals surface area contributed by atoms with Crippen molar-refractivity contribution in [3.05, 3.63) is 71.0 Å². The maximum atomic E-state index is 14.9. The van der Waals surface area contributed by atoms with Crippen LogP contribution in [0.5, 0.6) is 5.88 Å². The van der Waals surface area contributed by atoms with E-state index in [4.69, 9.17) is 9.47 Å². The molecule has 0 spiro atoms. The minimum Gasteiger partial charge on any atom is -0.481 e. The van der Waals surface area contributed by atoms with Crippen molar-refractivity contribution in [3.8, 4) is 17.1 Å². The van der Waals surface area contributed by atoms with E-state index in [2.05, 4.69) is 20.3 Å². The van der Waals surface area contributed by atoms with Gasteiger partial charge in [0.1, 0.15) is 11.6 Å². The van der Waals surface area contributed by atoms with E-state index in [1.807, 2.05) is 17.0 Å². The molecule has 0 atom stereocenters. The molecule has 2 N–H and O–H groups in total. The minimum absolute atomic E-state index is 0.285. The van der Waals surface area contributed by atoms with Crippen LogP contribution in [-0.2, 0) is 4.74 Å². The van der Waals surface area contributed by atoms with Gasteiger partial charge in [0.15, 0.2) is 0 Å². The molecular formula is C24H22FN5O3. The van der Waals surface area contributed by atoms with E-state index in [1.165, 1.54) is 6.07 Å². The van der Waals surface area contributed by atoms with Gasteiger partial charge in [-0.1, -0.05) is 0 Å². The lowest BCUT2D eigenvalue weighted by molar-refractivity contribution is 0.122. The summed E-state index contributed by atoms with van der Waals surface area (Å²) in [5.41, 5.74) is 2.11. The van der Waals surface area contributed by atoms with E-state index in [-0.39, 0.29) is 11.4 Å². The smallest absolute Gasteiger partial charge is 0.259 e. The molecule has 0 amide bonds. The van der Waals surface area contributed by atoms with Crippen LogP contribution >= 0.6 is 0 Å². The van der Waals surface area contributed by atoms with Gasteiger partial charge < -0.3 is 24.7 Å². The molecule has 0 saturated carbocycles. The van der Waals surface area contributed by atoms with Gasteiger partial charge in [0.05, 0.1) is 37.1 Å². The monoisotopic (exact) mass is 447 g/mol. The van der Waals surface area contributed by atoms with Gasteiger partial charge in [0.2, 0.25) is 5.88 Å². The van der Waals surface area contributed by atoms with Crippen molar-refractivity contribution in [2.45, 2.75) is 0 Å². The molecule has 33 heavy (non-hydrogen) atoms. The zero-order chi connectivity index (χ0) is 22.8. The third-order valence-corrected chi connectivity index (χ3v) is 5.56. The number of hydrogen-bond donors (Lipinski definition) is 2. The van der Waals surface area contributed by atoms with Crippen molar-refractivity contribution in [1.82, 2.24) is 15.0 Å². The standard InChI is InChI=1S/C24H22FN5O3/c1-32-21-5-2-16(14-27-21)19-12-15-6-7-26-24(31)22(15)23(29-19)28-17-3-4-20(18(25)13-17)30-8-10-33-11-9-30/h2-7,12-14H,8-11H2,1H3,(H,26,31)(H,28,29). The average Bonchev–Trinajstić information content (AvgIpc) is 2.84. The van der Waals surface area contributed by atoms with Gasteiger partial charge in [-0.25, -0.2) is 14.4 Å². The second-order valence-corrected chi connectivity index (χ2v) is 7.61. The Bertz CT molecular complexity index is 1350. The molecule has 1 aromatic carbocycles. The highest BCUT2D eigenvalue weighted by Crippen LogP contribution is 2.30. The van der Waals surface area contributed by atoms with Crippen LogP contribution in [-0.4, -0.2) is 48.4 Å². The number of aromatic nitrogens is 3. The molecule has 4 heterocycles. The second-order valence-electron chi connectivity index (χ2n) is 7.61. The van der Waals surface area contributed by atoms with Crippen LogP contribution in [0, 0.1) is 5.82 Å². The summed E-state index contributed by atoms with van der Waals surface area (Å²) in [5.74, 6) is 0.472. The van der Waals surface area contributed by atoms with E-state index in [0.29, 0.717) is 65.8 Å². The van der Waals surface area contributed by atoms with Crippen molar-refractivity contribution in [3.63, 3.8) is 0 Å². The summed E-state index contributed by atoms with van der Waals surface area (Å²) in [5, 5.41) is 4.22. The maximum Gasteiger partial charge on any atom is 0.259 e. The summed E-state index contributed by atoms with van der Waals surface area (Å²) >= 11 is 0. The Hall–Kier alpha value is -3.98. The Morgan fingerprint density at radius 2 is 2.00 bits per heavy atom. The van der Waals surface area contributed by atoms with Crippen molar-refractivity contribution in [1.29, 1.82) is 0 Å². The predicted molar refractivity (Wildman–Crippen MR) is 125 cm³/mol. The number of aromatic amines is 1. The Morgan fingerprint density at radius 3 is 2.73 bits per heavy atom. The number of nitrogens with zero attached hydrogens (tertiary/aromatic N) is 3. The summed E-state index contributed by atoms with van der Waals surface area (Å²) < 4.78 is 25.4. The number of morpholine rings is 1. The molecule has 168 valence electrons. The molecule has 3 aromatic heterocycles. The first-order valence-corrected chi connectivity index (χ1v) is 10.5. The van der Waals surface area contributed by atoms with Gasteiger partial charge in [-0.05, 0) is 41.8 Å². The molecule has 0 unspecified atom stereocenters. The SMILES string of the molecule is COc1ccc(-c2cc3cc[nH]c(=O)c3c(Nc3ccc(N4CCOCC4)c(F)c3)n2)cn1. The number of H-pyrrole nitrogens is 1. The molecule has 0 radical (unpaired) electrons. The normalized spacial score (nSPS) is 13.8. The third-order valence-electron chi connectivity index (χ3n) is 5.56. The van der Waals surface area contributed by atoms with E-state index in [0.717, 1.165) is 5.56 Å². The van der Waals surface area contributed by atoms with Crippen molar-refractivity contribution in [2.24, 2.45) is 0 Å². The fourth-order valence-corrected chi connectivity index (χ4v) is 3.89. The third kappa shape index (κ3) is 4.22. The largest absolute Gasteiger partial charge is 0.481 e. The van der Waals surface area contributed by atoms with E-state index in [9.17, 15) is 9.18 Å². The molecule has 8 nitrogen and oxygen atoms in total. The highest BCUT2D eigenvalue weighted by Gasteiger charge is 2.17. The first-order chi connectivity index (χ1) is 16.1. The fraction of sp³-hybridized carbons (Fsp3) is 0.208. The number of anilines is 3. The summed E-state index contributed by atoms with van der Waals surface area (Å²) in [6.07, 6.45) is 3.24. The lowest BCUT2D eigenvalue weighted by atomic mass is 10.1. The molecule has 9 heteroatoms. The van der Waals surface area contributed by atoms with Gasteiger partial charge in [0.25, 0.3) is 5.56 Å². The lowest BCUT2D eigenvalue weighted by Gasteiger charge is -2.29. The Balaban J connectivity index is 1.54. The van der Waals surface area contributed by atoms with Crippen LogP contribution in [0.15, 0.2) is 59.7 Å². The molecule has 4 aromatic rings. The summed E-state index contributed by atoms with van der Waals surface area (Å²) in [6.45, 7) is 2.43. The first kappa shape index (κ1) is 20.9. The van der Waals surface area contributed by atoms with E-state index < -0.39 is 0 Å². The number of pyridine rings is 3. The fourth-order valence-electron chi connectivity index (χ4n) is 3.89. The number of nitrogens with one attached hydrogen (secondary N) is 2. The molecular weight excluding hydrogens is 425 g/mol. The highest BCUT2D eigenvalue weighted by molar-refractivity contribution is 5.95. The van der Waals surface area contributed by atoms with Gasteiger partial charge in [-0.15, -0.1) is 0 Å². The van der Waals surface area contributed by atoms with Crippen molar-refractivity contribution < 1.29 is 13.9 Å². The molecule has 1 aliphatic rings. The van der Waals surface area contributed by atoms with Crippen LogP contribution in [0.1, 0.15) is 0 Å². The molecule has 1 aliphatic heterocycles. The Morgan fingerprint density at radius 1 is 1.15 bits per heavy atom. The van der Waals surface area contributed by atoms with Crippen LogP contribution in [0.25, 0.3) is 22.0 Å². The van der Waals surface area contributed by atoms with E-state index >= 15 is 0 Å². The van der Waals surface area contributed by atoms with Crippen LogP contribution in [0.2, 0.25) is 0 Å². The van der Waals surface area contributed by atoms with Gasteiger partial charge in [0, 0.05) is 42.8 Å². The van der Waals surface area contributed by atoms with Gasteiger partial charge >= 0.3 is 0 Å². The van der Waals surface area contributed by atoms with Gasteiger partial charge in [-0.2, -0.15) is 0 Å². The summed E-state index contributed by atoms with van der Waals surface area (Å²) in [6, 6.07) is 12.1. The molecule has 1 fully saturated rings. The average molecular weight is 447 g/mol. The lowest BCUT2D eigenvalue weighted by Crippen LogP contribution is -2.36. The second kappa shape index (κ2) is 8.87. The molecule has 1 saturated heterocycles. The summed E-state index contributed by atoms with van der Waals surface area (Å²) in [7, 11) is 1.55.